The number of aryl methyl sites for hydroxylation is 4. The van der Waals surface area contributed by atoms with Crippen LogP contribution in [0.4, 0.5) is 45.5 Å². The predicted octanol–water partition coefficient (Wildman–Crippen LogP) is 12.4. The van der Waals surface area contributed by atoms with E-state index in [1.54, 1.807) is 0 Å². The number of rotatable bonds is 12. The highest BCUT2D eigenvalue weighted by atomic mass is 15.6. The summed E-state index contributed by atoms with van der Waals surface area (Å²) in [6.45, 7) is 8.58. The first-order valence-electron chi connectivity index (χ1n) is 22.4. The number of pyridine rings is 1. The molecule has 7 aromatic carbocycles. The van der Waals surface area contributed by atoms with Crippen molar-refractivity contribution in [3.8, 4) is 0 Å². The van der Waals surface area contributed by atoms with E-state index in [2.05, 4.69) is 196 Å². The second-order valence-corrected chi connectivity index (χ2v) is 16.9. The van der Waals surface area contributed by atoms with Gasteiger partial charge in [0.2, 0.25) is 0 Å². The van der Waals surface area contributed by atoms with Crippen LogP contribution < -0.4 is 20.0 Å². The molecule has 0 atom stereocenters. The first-order valence-corrected chi connectivity index (χ1v) is 22.4. The monoisotopic (exact) mass is 887 g/mol. The lowest BCUT2D eigenvalue weighted by molar-refractivity contribution is 0.802. The van der Waals surface area contributed by atoms with E-state index >= 15 is 0 Å². The molecule has 330 valence electrons. The number of hydrogen-bond acceptors (Lipinski definition) is 9. The fourth-order valence-corrected chi connectivity index (χ4v) is 9.70. The Bertz CT molecular complexity index is 3230. The average Bonchev–Trinajstić information content (AvgIpc) is 4.23. The summed E-state index contributed by atoms with van der Waals surface area (Å²) in [4.78, 5) is 23.0. The maximum Gasteiger partial charge on any atom is 0.115 e. The van der Waals surface area contributed by atoms with Gasteiger partial charge in [-0.1, -0.05) is 78.9 Å². The molecule has 0 unspecified atom stereocenters. The van der Waals surface area contributed by atoms with Crippen molar-refractivity contribution in [2.75, 3.05) is 20.0 Å². The Morgan fingerprint density at radius 2 is 0.618 bits per heavy atom. The average molecular weight is 888 g/mol. The molecular formula is C55H45N13. The zero-order valence-corrected chi connectivity index (χ0v) is 37.9. The fourth-order valence-electron chi connectivity index (χ4n) is 9.70. The zero-order valence-electron chi connectivity index (χ0n) is 37.9. The molecule has 0 aliphatic carbocycles. The van der Waals surface area contributed by atoms with Crippen molar-refractivity contribution < 1.29 is 0 Å². The summed E-state index contributed by atoms with van der Waals surface area (Å²) in [5.74, 6) is 0. The quantitative estimate of drug-likeness (QED) is 0.111. The van der Waals surface area contributed by atoms with Gasteiger partial charge in [-0.15, -0.1) is 0 Å². The van der Waals surface area contributed by atoms with Crippen molar-refractivity contribution >= 4 is 77.8 Å². The molecule has 0 saturated heterocycles. The van der Waals surface area contributed by atoms with Gasteiger partial charge >= 0.3 is 0 Å². The van der Waals surface area contributed by atoms with Crippen molar-refractivity contribution in [1.29, 1.82) is 0 Å². The standard InChI is InChI=1S/C55H45N13/c1-38-11-5-8-14-46(38)65(61-27-23-57-34-61)49-31-50(66(62-28-24-58-35-62)47-15-9-6-12-39(47)2)43-19-20-45-52(68(64-30-26-60-37-64)53-33-56-22-21-41(53)4)32-51(44-18-17-42(49)54(43)55(44)45)67(63-29-25-59-36-63)48-16-10-7-13-40(48)3/h5-37H,1-4H3. The van der Waals surface area contributed by atoms with Crippen LogP contribution in [0.3, 0.4) is 0 Å². The summed E-state index contributed by atoms with van der Waals surface area (Å²) in [6.07, 6.45) is 26.4. The van der Waals surface area contributed by atoms with Crippen LogP contribution >= 0.6 is 0 Å². The van der Waals surface area contributed by atoms with E-state index in [1.807, 2.05) is 98.0 Å². The largest absolute Gasteiger partial charge is 0.262 e. The third-order valence-electron chi connectivity index (χ3n) is 12.9. The van der Waals surface area contributed by atoms with Gasteiger partial charge in [0.1, 0.15) is 25.3 Å². The molecule has 0 amide bonds. The van der Waals surface area contributed by atoms with Gasteiger partial charge in [-0.2, -0.15) is 0 Å². The minimum atomic E-state index is 0.912. The molecule has 0 aliphatic rings. The van der Waals surface area contributed by atoms with Gasteiger partial charge in [0.15, 0.2) is 0 Å². The summed E-state index contributed by atoms with van der Waals surface area (Å²) in [5, 5.41) is 15.4. The molecule has 5 aromatic heterocycles. The Morgan fingerprint density at radius 3 is 0.912 bits per heavy atom. The topological polar surface area (TPSA) is 97.1 Å². The molecule has 68 heavy (non-hydrogen) atoms. The molecule has 5 heterocycles. The Kier molecular flexibility index (Phi) is 9.68. The summed E-state index contributed by atoms with van der Waals surface area (Å²) in [6, 6.07) is 41.2. The molecule has 0 spiro atoms. The highest BCUT2D eigenvalue weighted by Crippen LogP contribution is 2.52. The number of benzene rings is 7. The van der Waals surface area contributed by atoms with Crippen LogP contribution in [0.5, 0.6) is 0 Å². The lowest BCUT2D eigenvalue weighted by atomic mass is 9.90. The Hall–Kier alpha value is -9.23. The maximum absolute atomic E-state index is 4.68. The number of para-hydroxylation sites is 3. The zero-order chi connectivity index (χ0) is 45.9. The van der Waals surface area contributed by atoms with Crippen molar-refractivity contribution in [1.82, 2.24) is 43.6 Å². The van der Waals surface area contributed by atoms with E-state index in [0.29, 0.717) is 0 Å². The van der Waals surface area contributed by atoms with Crippen LogP contribution in [-0.2, 0) is 0 Å². The molecule has 0 saturated carbocycles. The van der Waals surface area contributed by atoms with E-state index in [-0.39, 0.29) is 0 Å². The SMILES string of the molecule is Cc1ccccc1N(c1cc(N(c2ccccc2C)n2ccnc2)c2ccc3c(N(c4cnccc4C)n4ccnc4)cc(N(c4ccccc4C)n4ccnc4)c4ccc1c2c43)n1ccnc1. The number of imidazole rings is 4. The molecule has 13 nitrogen and oxygen atoms in total. The number of hydrogen-bond donors (Lipinski definition) is 0. The van der Waals surface area contributed by atoms with Gasteiger partial charge in [-0.05, 0) is 86.3 Å². The minimum Gasteiger partial charge on any atom is -0.262 e. The third-order valence-corrected chi connectivity index (χ3v) is 12.9. The number of nitrogens with zero attached hydrogens (tertiary/aromatic N) is 13. The van der Waals surface area contributed by atoms with Gasteiger partial charge in [-0.25, -0.2) is 58.7 Å². The highest BCUT2D eigenvalue weighted by Gasteiger charge is 2.30. The predicted molar refractivity (Wildman–Crippen MR) is 272 cm³/mol. The third kappa shape index (κ3) is 6.50. The van der Waals surface area contributed by atoms with Crippen LogP contribution in [-0.4, -0.2) is 43.6 Å². The molecule has 12 rings (SSSR count). The number of anilines is 8. The van der Waals surface area contributed by atoms with E-state index < -0.39 is 0 Å². The molecule has 0 radical (unpaired) electrons. The van der Waals surface area contributed by atoms with Crippen molar-refractivity contribution in [3.63, 3.8) is 0 Å². The first kappa shape index (κ1) is 40.3. The van der Waals surface area contributed by atoms with Gasteiger partial charge in [0, 0.05) is 88.1 Å². The molecule has 0 aliphatic heterocycles. The molecule has 0 bridgehead atoms. The van der Waals surface area contributed by atoms with Crippen LogP contribution in [0.1, 0.15) is 22.3 Å². The van der Waals surface area contributed by atoms with Gasteiger partial charge in [-0.3, -0.25) is 4.98 Å². The van der Waals surface area contributed by atoms with Crippen molar-refractivity contribution in [2.24, 2.45) is 0 Å². The van der Waals surface area contributed by atoms with Gasteiger partial charge in [0.05, 0.1) is 51.7 Å². The van der Waals surface area contributed by atoms with Crippen molar-refractivity contribution in [2.45, 2.75) is 27.7 Å². The van der Waals surface area contributed by atoms with E-state index in [0.717, 1.165) is 100 Å². The highest BCUT2D eigenvalue weighted by molar-refractivity contribution is 6.32. The van der Waals surface area contributed by atoms with Crippen molar-refractivity contribution in [3.05, 3.63) is 225 Å². The van der Waals surface area contributed by atoms with Gasteiger partial charge in [0.25, 0.3) is 0 Å². The summed E-state index contributed by atoms with van der Waals surface area (Å²) in [7, 11) is 0. The Morgan fingerprint density at radius 1 is 0.309 bits per heavy atom. The summed E-state index contributed by atoms with van der Waals surface area (Å²) < 4.78 is 8.22. The molecule has 13 heteroatoms. The van der Waals surface area contributed by atoms with E-state index in [9.17, 15) is 0 Å². The maximum atomic E-state index is 4.68. The minimum absolute atomic E-state index is 0.912. The normalized spacial score (nSPS) is 11.5. The van der Waals surface area contributed by atoms with Crippen LogP contribution in [0.15, 0.2) is 203 Å². The smallest absolute Gasteiger partial charge is 0.115 e. The molecule has 12 aromatic rings. The summed E-state index contributed by atoms with van der Waals surface area (Å²) in [5.41, 5.74) is 12.1. The summed E-state index contributed by atoms with van der Waals surface area (Å²) >= 11 is 0. The van der Waals surface area contributed by atoms with Crippen LogP contribution in [0.2, 0.25) is 0 Å². The first-order chi connectivity index (χ1) is 33.4. The second kappa shape index (κ2) is 16.3. The lowest BCUT2D eigenvalue weighted by Gasteiger charge is -2.35. The lowest BCUT2D eigenvalue weighted by Crippen LogP contribution is -2.27. The fraction of sp³-hybridized carbons (Fsp3) is 0.0727. The second-order valence-electron chi connectivity index (χ2n) is 16.9. The van der Waals surface area contributed by atoms with Crippen LogP contribution in [0.25, 0.3) is 32.3 Å². The van der Waals surface area contributed by atoms with E-state index in [1.165, 1.54) is 0 Å². The van der Waals surface area contributed by atoms with Crippen LogP contribution in [0, 0.1) is 27.7 Å². The number of aromatic nitrogens is 9. The Balaban J connectivity index is 1.29. The van der Waals surface area contributed by atoms with E-state index in [4.69, 9.17) is 0 Å². The molecular weight excluding hydrogens is 843 g/mol. The molecule has 0 fully saturated rings. The van der Waals surface area contributed by atoms with Gasteiger partial charge < -0.3 is 0 Å². The molecule has 0 N–H and O–H groups in total. The Labute approximate surface area is 392 Å².